The number of benzene rings is 1. The van der Waals surface area contributed by atoms with Crippen molar-refractivity contribution in [3.8, 4) is 11.3 Å². The van der Waals surface area contributed by atoms with E-state index in [2.05, 4.69) is 15.5 Å². The number of carbonyl (C=O) groups is 3. The maximum Gasteiger partial charge on any atom is 0.273 e. The molecule has 9 heteroatoms. The number of rotatable bonds is 5. The quantitative estimate of drug-likeness (QED) is 0.671. The normalized spacial score (nSPS) is 13.7. The Hall–Kier alpha value is -4.01. The third-order valence-corrected chi connectivity index (χ3v) is 5.03. The second-order valence-corrected chi connectivity index (χ2v) is 7.04. The van der Waals surface area contributed by atoms with Crippen LogP contribution in [0.25, 0.3) is 11.3 Å². The molecule has 1 N–H and O–H groups in total. The highest BCUT2D eigenvalue weighted by Gasteiger charge is 2.25. The highest BCUT2D eigenvalue weighted by Crippen LogP contribution is 2.19. The summed E-state index contributed by atoms with van der Waals surface area (Å²) in [5.41, 5.74) is 1.44. The molecule has 3 heterocycles. The van der Waals surface area contributed by atoms with Crippen LogP contribution in [-0.4, -0.2) is 70.4 Å². The lowest BCUT2D eigenvalue weighted by molar-refractivity contribution is -0.131. The van der Waals surface area contributed by atoms with E-state index in [1.165, 1.54) is 12.3 Å². The number of piperazine rings is 1. The number of amides is 3. The Morgan fingerprint density at radius 1 is 0.968 bits per heavy atom. The van der Waals surface area contributed by atoms with Crippen molar-refractivity contribution in [1.82, 2.24) is 25.3 Å². The molecule has 4 rings (SSSR count). The number of carbonyl (C=O) groups excluding carboxylic acids is 3. The third kappa shape index (κ3) is 4.77. The van der Waals surface area contributed by atoms with E-state index in [0.717, 1.165) is 5.56 Å². The summed E-state index contributed by atoms with van der Waals surface area (Å²) in [5.74, 6) is -0.321. The molecule has 1 aliphatic rings. The van der Waals surface area contributed by atoms with E-state index in [1.54, 1.807) is 28.1 Å². The molecular formula is C22H21N5O4. The van der Waals surface area contributed by atoms with Crippen LogP contribution in [0.15, 0.2) is 65.4 Å². The van der Waals surface area contributed by atoms with Gasteiger partial charge in [0.05, 0.1) is 12.1 Å². The first-order valence-corrected chi connectivity index (χ1v) is 9.89. The third-order valence-electron chi connectivity index (χ3n) is 5.03. The van der Waals surface area contributed by atoms with Crippen LogP contribution in [0.5, 0.6) is 0 Å². The van der Waals surface area contributed by atoms with E-state index in [0.29, 0.717) is 37.5 Å². The standard InChI is InChI=1S/C22H21N5O4/c28-20(26-9-11-27(12-10-26)22(30)17-7-4-8-23-14-17)15-24-21(29)18-13-19(31-25-18)16-5-2-1-3-6-16/h1-8,13-14H,9-12,15H2,(H,24,29). The Balaban J connectivity index is 1.26. The Kier molecular flexibility index (Phi) is 6.02. The van der Waals surface area contributed by atoms with Crippen molar-refractivity contribution in [2.24, 2.45) is 0 Å². The molecule has 0 radical (unpaired) electrons. The Bertz CT molecular complexity index is 1060. The van der Waals surface area contributed by atoms with E-state index in [4.69, 9.17) is 4.52 Å². The molecule has 0 atom stereocenters. The van der Waals surface area contributed by atoms with Crippen molar-refractivity contribution in [3.05, 3.63) is 72.2 Å². The molecule has 1 aromatic carbocycles. The van der Waals surface area contributed by atoms with Gasteiger partial charge in [0.2, 0.25) is 5.91 Å². The van der Waals surface area contributed by atoms with Crippen molar-refractivity contribution in [2.45, 2.75) is 0 Å². The first-order valence-electron chi connectivity index (χ1n) is 9.89. The van der Waals surface area contributed by atoms with E-state index in [9.17, 15) is 14.4 Å². The topological polar surface area (TPSA) is 109 Å². The van der Waals surface area contributed by atoms with E-state index < -0.39 is 5.91 Å². The van der Waals surface area contributed by atoms with Gasteiger partial charge < -0.3 is 19.6 Å². The summed E-state index contributed by atoms with van der Waals surface area (Å²) >= 11 is 0. The summed E-state index contributed by atoms with van der Waals surface area (Å²) in [6, 6.07) is 14.3. The molecule has 3 amide bonds. The largest absolute Gasteiger partial charge is 0.355 e. The van der Waals surface area contributed by atoms with E-state index in [1.807, 2.05) is 30.3 Å². The average Bonchev–Trinajstić information content (AvgIpc) is 3.34. The van der Waals surface area contributed by atoms with Crippen LogP contribution < -0.4 is 5.32 Å². The minimum atomic E-state index is -0.482. The first-order chi connectivity index (χ1) is 15.1. The van der Waals surface area contributed by atoms with E-state index >= 15 is 0 Å². The summed E-state index contributed by atoms with van der Waals surface area (Å²) in [4.78, 5) is 44.5. The molecule has 0 saturated carbocycles. The Morgan fingerprint density at radius 3 is 2.42 bits per heavy atom. The predicted octanol–water partition coefficient (Wildman–Crippen LogP) is 1.45. The summed E-state index contributed by atoms with van der Waals surface area (Å²) in [7, 11) is 0. The van der Waals surface area contributed by atoms with Gasteiger partial charge in [0.1, 0.15) is 0 Å². The summed E-state index contributed by atoms with van der Waals surface area (Å²) < 4.78 is 5.22. The van der Waals surface area contributed by atoms with Gasteiger partial charge in [-0.2, -0.15) is 0 Å². The van der Waals surface area contributed by atoms with Gasteiger partial charge in [-0.05, 0) is 12.1 Å². The van der Waals surface area contributed by atoms with Crippen molar-refractivity contribution < 1.29 is 18.9 Å². The summed E-state index contributed by atoms with van der Waals surface area (Å²) in [6.07, 6.45) is 3.14. The Labute approximate surface area is 178 Å². The lowest BCUT2D eigenvalue weighted by Crippen LogP contribution is -2.52. The van der Waals surface area contributed by atoms with Crippen LogP contribution in [0.2, 0.25) is 0 Å². The molecule has 0 unspecified atom stereocenters. The molecule has 9 nitrogen and oxygen atoms in total. The van der Waals surface area contributed by atoms with Gasteiger partial charge in [0.25, 0.3) is 11.8 Å². The molecule has 3 aromatic rings. The smallest absolute Gasteiger partial charge is 0.273 e. The number of nitrogens with zero attached hydrogens (tertiary/aromatic N) is 4. The highest BCUT2D eigenvalue weighted by molar-refractivity contribution is 5.96. The monoisotopic (exact) mass is 419 g/mol. The maximum absolute atomic E-state index is 12.5. The van der Waals surface area contributed by atoms with Gasteiger partial charge in [-0.25, -0.2) is 0 Å². The molecule has 158 valence electrons. The van der Waals surface area contributed by atoms with E-state index in [-0.39, 0.29) is 24.1 Å². The Morgan fingerprint density at radius 2 is 1.71 bits per heavy atom. The van der Waals surface area contributed by atoms with Gasteiger partial charge in [-0.1, -0.05) is 35.5 Å². The van der Waals surface area contributed by atoms with Crippen LogP contribution in [0.1, 0.15) is 20.8 Å². The van der Waals surface area contributed by atoms with Gasteiger partial charge >= 0.3 is 0 Å². The number of aromatic nitrogens is 2. The van der Waals surface area contributed by atoms with Crippen molar-refractivity contribution in [1.29, 1.82) is 0 Å². The lowest BCUT2D eigenvalue weighted by Gasteiger charge is -2.34. The number of nitrogens with one attached hydrogen (secondary N) is 1. The fraction of sp³-hybridized carbons (Fsp3) is 0.227. The molecular weight excluding hydrogens is 398 g/mol. The fourth-order valence-electron chi connectivity index (χ4n) is 3.31. The van der Waals surface area contributed by atoms with Crippen LogP contribution in [-0.2, 0) is 4.79 Å². The molecule has 1 saturated heterocycles. The average molecular weight is 419 g/mol. The van der Waals surface area contributed by atoms with Crippen LogP contribution >= 0.6 is 0 Å². The van der Waals surface area contributed by atoms with Crippen molar-refractivity contribution in [2.75, 3.05) is 32.7 Å². The summed E-state index contributed by atoms with van der Waals surface area (Å²) in [6.45, 7) is 1.52. The zero-order valence-electron chi connectivity index (χ0n) is 16.7. The van der Waals surface area contributed by atoms with Gasteiger partial charge in [0.15, 0.2) is 11.5 Å². The minimum absolute atomic E-state index is 0.103. The van der Waals surface area contributed by atoms with Gasteiger partial charge in [-0.3, -0.25) is 19.4 Å². The number of hydrogen-bond acceptors (Lipinski definition) is 6. The zero-order valence-corrected chi connectivity index (χ0v) is 16.7. The number of pyridine rings is 1. The zero-order chi connectivity index (χ0) is 21.6. The molecule has 0 bridgehead atoms. The van der Waals surface area contributed by atoms with Crippen LogP contribution in [0, 0.1) is 0 Å². The highest BCUT2D eigenvalue weighted by atomic mass is 16.5. The molecule has 0 spiro atoms. The molecule has 1 fully saturated rings. The maximum atomic E-state index is 12.5. The molecule has 1 aliphatic heterocycles. The second kappa shape index (κ2) is 9.21. The predicted molar refractivity (Wildman–Crippen MR) is 111 cm³/mol. The lowest BCUT2D eigenvalue weighted by atomic mass is 10.1. The second-order valence-electron chi connectivity index (χ2n) is 7.04. The van der Waals surface area contributed by atoms with Crippen molar-refractivity contribution >= 4 is 17.7 Å². The number of hydrogen-bond donors (Lipinski definition) is 1. The van der Waals surface area contributed by atoms with Crippen LogP contribution in [0.3, 0.4) is 0 Å². The minimum Gasteiger partial charge on any atom is -0.355 e. The summed E-state index contributed by atoms with van der Waals surface area (Å²) in [5, 5.41) is 6.36. The van der Waals surface area contributed by atoms with Crippen molar-refractivity contribution in [3.63, 3.8) is 0 Å². The molecule has 31 heavy (non-hydrogen) atoms. The molecule has 0 aliphatic carbocycles. The molecule has 2 aromatic heterocycles. The fourth-order valence-corrected chi connectivity index (χ4v) is 3.31. The SMILES string of the molecule is O=C(NCC(=O)N1CCN(C(=O)c2cccnc2)CC1)c1cc(-c2ccccc2)on1. The van der Waals surface area contributed by atoms with Gasteiger partial charge in [-0.15, -0.1) is 0 Å². The van der Waals surface area contributed by atoms with Crippen LogP contribution in [0.4, 0.5) is 0 Å². The van der Waals surface area contributed by atoms with Gasteiger partial charge in [0, 0.05) is 50.2 Å². The first kappa shape index (κ1) is 20.3.